The van der Waals surface area contributed by atoms with Crippen molar-refractivity contribution in [3.8, 4) is 0 Å². The Labute approximate surface area is 431 Å². The van der Waals surface area contributed by atoms with Crippen molar-refractivity contribution in [2.75, 3.05) is 13.2 Å². The molecule has 6 nitrogen and oxygen atoms in total. The summed E-state index contributed by atoms with van der Waals surface area (Å²) in [5, 5.41) is 0. The van der Waals surface area contributed by atoms with E-state index < -0.39 is 6.10 Å². The molecule has 0 rings (SSSR count). The first-order valence-electron chi connectivity index (χ1n) is 31.5. The van der Waals surface area contributed by atoms with E-state index >= 15 is 0 Å². The smallest absolute Gasteiger partial charge is 0.306 e. The Hall–Kier alpha value is -1.59. The summed E-state index contributed by atoms with van der Waals surface area (Å²) in [6, 6.07) is 0. The van der Waals surface area contributed by atoms with E-state index in [1.807, 2.05) is 0 Å². The van der Waals surface area contributed by atoms with Crippen molar-refractivity contribution in [2.45, 2.75) is 374 Å². The quantitative estimate of drug-likeness (QED) is 0.0343. The Bertz CT molecular complexity index is 1030. The third kappa shape index (κ3) is 57.2. The van der Waals surface area contributed by atoms with Gasteiger partial charge in [-0.05, 0) is 19.3 Å². The Morgan fingerprint density at radius 3 is 0.580 bits per heavy atom. The molecule has 410 valence electrons. The maximum absolute atomic E-state index is 12.8. The zero-order valence-electron chi connectivity index (χ0n) is 47.1. The van der Waals surface area contributed by atoms with Crippen molar-refractivity contribution in [1.82, 2.24) is 0 Å². The molecular formula is C63H122O6. The minimum absolute atomic E-state index is 0.0619. The number of carbonyl (C=O) groups is 3. The molecule has 69 heavy (non-hydrogen) atoms. The molecule has 0 heterocycles. The molecule has 0 aromatic heterocycles. The molecule has 1 atom stereocenters. The van der Waals surface area contributed by atoms with Gasteiger partial charge in [0.2, 0.25) is 0 Å². The average Bonchev–Trinajstić information content (AvgIpc) is 3.35. The standard InChI is InChI=1S/C63H122O6/c1-4-7-10-13-16-18-20-22-24-26-28-30-31-32-34-35-37-39-41-43-45-47-50-53-56-62(65)68-59-60(58-67-61(64)55-52-49-15-12-9-6-3)69-63(66)57-54-51-48-46-44-42-40-38-36-33-29-27-25-23-21-19-17-14-11-8-5-2/h60H,4-59H2,1-3H3. The molecule has 1 unspecified atom stereocenters. The van der Waals surface area contributed by atoms with Crippen LogP contribution in [-0.4, -0.2) is 37.2 Å². The zero-order valence-corrected chi connectivity index (χ0v) is 47.1. The van der Waals surface area contributed by atoms with Gasteiger partial charge in [-0.2, -0.15) is 0 Å². The summed E-state index contributed by atoms with van der Waals surface area (Å²) < 4.78 is 16.8. The van der Waals surface area contributed by atoms with Gasteiger partial charge in [-0.25, -0.2) is 0 Å². The van der Waals surface area contributed by atoms with Crippen LogP contribution in [0, 0.1) is 0 Å². The summed E-state index contributed by atoms with van der Waals surface area (Å²) >= 11 is 0. The second kappa shape index (κ2) is 59.0. The first kappa shape index (κ1) is 67.4. The van der Waals surface area contributed by atoms with E-state index in [1.165, 1.54) is 270 Å². The van der Waals surface area contributed by atoms with E-state index in [-0.39, 0.29) is 31.1 Å². The summed E-state index contributed by atoms with van der Waals surface area (Å²) in [6.45, 7) is 6.66. The highest BCUT2D eigenvalue weighted by atomic mass is 16.6. The molecular weight excluding hydrogens is 853 g/mol. The summed E-state index contributed by atoms with van der Waals surface area (Å²) in [6.07, 6.45) is 67.2. The lowest BCUT2D eigenvalue weighted by molar-refractivity contribution is -0.167. The molecule has 0 N–H and O–H groups in total. The predicted octanol–water partition coefficient (Wildman–Crippen LogP) is 21.1. The number of esters is 3. The fourth-order valence-electron chi connectivity index (χ4n) is 9.86. The van der Waals surface area contributed by atoms with E-state index in [9.17, 15) is 14.4 Å². The van der Waals surface area contributed by atoms with Crippen LogP contribution in [0.25, 0.3) is 0 Å². The normalized spacial score (nSPS) is 11.9. The molecule has 6 heteroatoms. The van der Waals surface area contributed by atoms with E-state index in [0.29, 0.717) is 19.3 Å². The number of hydrogen-bond donors (Lipinski definition) is 0. The lowest BCUT2D eigenvalue weighted by Gasteiger charge is -2.18. The van der Waals surface area contributed by atoms with Crippen LogP contribution in [0.1, 0.15) is 367 Å². The van der Waals surface area contributed by atoms with Crippen LogP contribution in [0.5, 0.6) is 0 Å². The molecule has 0 saturated carbocycles. The van der Waals surface area contributed by atoms with Crippen LogP contribution < -0.4 is 0 Å². The summed E-state index contributed by atoms with van der Waals surface area (Å²) in [7, 11) is 0. The van der Waals surface area contributed by atoms with Gasteiger partial charge in [-0.1, -0.05) is 329 Å². The largest absolute Gasteiger partial charge is 0.462 e. The lowest BCUT2D eigenvalue weighted by atomic mass is 10.0. The summed E-state index contributed by atoms with van der Waals surface area (Å²) in [5.41, 5.74) is 0. The Balaban J connectivity index is 4.01. The van der Waals surface area contributed by atoms with Crippen molar-refractivity contribution >= 4 is 17.9 Å². The summed E-state index contributed by atoms with van der Waals surface area (Å²) in [4.78, 5) is 38.0. The molecule has 0 radical (unpaired) electrons. The molecule has 0 aliphatic heterocycles. The Kier molecular flexibility index (Phi) is 57.6. The van der Waals surface area contributed by atoms with E-state index in [4.69, 9.17) is 14.2 Å². The lowest BCUT2D eigenvalue weighted by Crippen LogP contribution is -2.30. The fraction of sp³-hybridized carbons (Fsp3) is 0.952. The molecule has 0 fully saturated rings. The SMILES string of the molecule is CCCCCCCCCCCCCCCCCCCCCCCCCCC(=O)OCC(COC(=O)CCCCCCCC)OC(=O)CCCCCCCCCCCCCCCCCCCCCCC. The highest BCUT2D eigenvalue weighted by molar-refractivity contribution is 5.71. The maximum atomic E-state index is 12.8. The van der Waals surface area contributed by atoms with Gasteiger partial charge in [-0.15, -0.1) is 0 Å². The number of unbranched alkanes of at least 4 members (excludes halogenated alkanes) is 48. The van der Waals surface area contributed by atoms with Gasteiger partial charge >= 0.3 is 17.9 Å². The van der Waals surface area contributed by atoms with Crippen molar-refractivity contribution in [2.24, 2.45) is 0 Å². The summed E-state index contributed by atoms with van der Waals surface area (Å²) in [5.74, 6) is -0.842. The molecule has 0 aliphatic carbocycles. The van der Waals surface area contributed by atoms with Gasteiger partial charge in [0.15, 0.2) is 6.10 Å². The number of carbonyl (C=O) groups excluding carboxylic acids is 3. The molecule has 0 bridgehead atoms. The van der Waals surface area contributed by atoms with Crippen LogP contribution in [0.2, 0.25) is 0 Å². The topological polar surface area (TPSA) is 78.9 Å². The van der Waals surface area contributed by atoms with Gasteiger partial charge in [-0.3, -0.25) is 14.4 Å². The van der Waals surface area contributed by atoms with Crippen molar-refractivity contribution in [3.63, 3.8) is 0 Å². The van der Waals surface area contributed by atoms with E-state index in [1.54, 1.807) is 0 Å². The first-order chi connectivity index (χ1) is 34.0. The van der Waals surface area contributed by atoms with Crippen LogP contribution in [0.3, 0.4) is 0 Å². The maximum Gasteiger partial charge on any atom is 0.306 e. The monoisotopic (exact) mass is 975 g/mol. The Morgan fingerprint density at radius 1 is 0.232 bits per heavy atom. The third-order valence-electron chi connectivity index (χ3n) is 14.6. The predicted molar refractivity (Wildman–Crippen MR) is 298 cm³/mol. The van der Waals surface area contributed by atoms with Crippen molar-refractivity contribution < 1.29 is 28.6 Å². The first-order valence-corrected chi connectivity index (χ1v) is 31.5. The number of rotatable bonds is 59. The van der Waals surface area contributed by atoms with Crippen LogP contribution >= 0.6 is 0 Å². The molecule has 0 spiro atoms. The third-order valence-corrected chi connectivity index (χ3v) is 14.6. The second-order valence-electron chi connectivity index (χ2n) is 21.7. The molecule has 0 aromatic carbocycles. The molecule has 0 amide bonds. The van der Waals surface area contributed by atoms with Gasteiger partial charge in [0.25, 0.3) is 0 Å². The van der Waals surface area contributed by atoms with Crippen molar-refractivity contribution in [3.05, 3.63) is 0 Å². The van der Waals surface area contributed by atoms with Crippen LogP contribution in [0.4, 0.5) is 0 Å². The molecule has 0 aromatic rings. The van der Waals surface area contributed by atoms with Gasteiger partial charge in [0.05, 0.1) is 0 Å². The minimum Gasteiger partial charge on any atom is -0.462 e. The average molecular weight is 976 g/mol. The van der Waals surface area contributed by atoms with E-state index in [2.05, 4.69) is 20.8 Å². The minimum atomic E-state index is -0.760. The highest BCUT2D eigenvalue weighted by Gasteiger charge is 2.19. The molecule has 0 aliphatic rings. The van der Waals surface area contributed by atoms with Crippen molar-refractivity contribution in [1.29, 1.82) is 0 Å². The van der Waals surface area contributed by atoms with E-state index in [0.717, 1.165) is 57.8 Å². The van der Waals surface area contributed by atoms with Crippen LogP contribution in [0.15, 0.2) is 0 Å². The fourth-order valence-corrected chi connectivity index (χ4v) is 9.86. The molecule has 0 saturated heterocycles. The number of ether oxygens (including phenoxy) is 3. The number of hydrogen-bond acceptors (Lipinski definition) is 6. The van der Waals surface area contributed by atoms with Gasteiger partial charge < -0.3 is 14.2 Å². The van der Waals surface area contributed by atoms with Crippen LogP contribution in [-0.2, 0) is 28.6 Å². The zero-order chi connectivity index (χ0) is 50.0. The Morgan fingerprint density at radius 2 is 0.391 bits per heavy atom. The van der Waals surface area contributed by atoms with Gasteiger partial charge in [0, 0.05) is 19.3 Å². The second-order valence-corrected chi connectivity index (χ2v) is 21.7. The highest BCUT2D eigenvalue weighted by Crippen LogP contribution is 2.19. The van der Waals surface area contributed by atoms with Gasteiger partial charge in [0.1, 0.15) is 13.2 Å².